The Hall–Kier alpha value is -0.283. The van der Waals surface area contributed by atoms with Gasteiger partial charge in [0, 0.05) is 21.1 Å². The maximum absolute atomic E-state index is 6.20. The third kappa shape index (κ3) is 6.12. The van der Waals surface area contributed by atoms with E-state index >= 15 is 0 Å². The molecular weight excluding hydrogens is 352 g/mol. The third-order valence-electron chi connectivity index (χ3n) is 4.82. The summed E-state index contributed by atoms with van der Waals surface area (Å²) in [5.41, 5.74) is 0. The highest BCUT2D eigenvalue weighted by atomic mass is 28.3. The van der Waals surface area contributed by atoms with Crippen LogP contribution in [0.5, 0.6) is 0 Å². The number of ether oxygens (including phenoxy) is 6. The van der Waals surface area contributed by atoms with Crippen molar-refractivity contribution in [2.45, 2.75) is 82.3 Å². The second-order valence-electron chi connectivity index (χ2n) is 9.02. The first-order valence-electron chi connectivity index (χ1n) is 9.68. The van der Waals surface area contributed by atoms with E-state index in [-0.39, 0.29) is 30.5 Å². The molecule has 0 aromatic carbocycles. The lowest BCUT2D eigenvalue weighted by Crippen LogP contribution is -2.47. The monoisotopic (exact) mass is 386 g/mol. The molecule has 0 radical (unpaired) electrons. The fraction of sp³-hybridized carbons (Fsp3) is 0.895. The van der Waals surface area contributed by atoms with Gasteiger partial charge in [0.25, 0.3) is 0 Å². The van der Waals surface area contributed by atoms with Gasteiger partial charge in [0.2, 0.25) is 0 Å². The Morgan fingerprint density at radius 3 is 2.54 bits per heavy atom. The summed E-state index contributed by atoms with van der Waals surface area (Å²) >= 11 is 0. The van der Waals surface area contributed by atoms with Crippen molar-refractivity contribution in [1.29, 1.82) is 0 Å². The molecule has 3 fully saturated rings. The van der Waals surface area contributed by atoms with E-state index < -0.39 is 13.9 Å². The molecule has 0 aromatic heterocycles. The Balaban J connectivity index is 1.41. The number of epoxide rings is 1. The summed E-state index contributed by atoms with van der Waals surface area (Å²) in [7, 11) is -1.04. The highest BCUT2D eigenvalue weighted by molar-refractivity contribution is 6.76. The van der Waals surface area contributed by atoms with E-state index in [9.17, 15) is 0 Å². The van der Waals surface area contributed by atoms with Gasteiger partial charge in [-0.2, -0.15) is 0 Å². The Kier molecular flexibility index (Phi) is 6.60. The van der Waals surface area contributed by atoms with Gasteiger partial charge in [-0.25, -0.2) is 0 Å². The van der Waals surface area contributed by atoms with Gasteiger partial charge in [-0.15, -0.1) is 0 Å². The van der Waals surface area contributed by atoms with E-state index in [0.29, 0.717) is 13.4 Å². The van der Waals surface area contributed by atoms with Crippen molar-refractivity contribution < 1.29 is 28.4 Å². The van der Waals surface area contributed by atoms with Crippen LogP contribution in [0.3, 0.4) is 0 Å². The zero-order chi connectivity index (χ0) is 18.8. The second kappa shape index (κ2) is 8.39. The van der Waals surface area contributed by atoms with Crippen molar-refractivity contribution >= 4 is 8.07 Å². The number of rotatable bonds is 9. The van der Waals surface area contributed by atoms with Gasteiger partial charge in [0.1, 0.15) is 25.1 Å². The predicted octanol–water partition coefficient (Wildman–Crippen LogP) is 2.95. The molecule has 0 saturated carbocycles. The molecule has 7 heteroatoms. The molecule has 6 nitrogen and oxygen atoms in total. The van der Waals surface area contributed by atoms with Crippen LogP contribution in [0.4, 0.5) is 0 Å². The minimum atomic E-state index is -1.04. The van der Waals surface area contributed by atoms with E-state index in [1.165, 1.54) is 0 Å². The van der Waals surface area contributed by atoms with Crippen molar-refractivity contribution in [3.05, 3.63) is 12.2 Å². The van der Waals surface area contributed by atoms with Crippen LogP contribution in [0.1, 0.15) is 20.3 Å². The van der Waals surface area contributed by atoms with Crippen LogP contribution in [0, 0.1) is 0 Å². The lowest BCUT2D eigenvalue weighted by atomic mass is 9.96. The molecule has 0 N–H and O–H groups in total. The van der Waals surface area contributed by atoms with E-state index in [4.69, 9.17) is 28.4 Å². The Morgan fingerprint density at radius 1 is 1.08 bits per heavy atom. The molecule has 0 spiro atoms. The third-order valence-corrected chi connectivity index (χ3v) is 6.52. The Bertz CT molecular complexity index is 485. The quantitative estimate of drug-likeness (QED) is 0.200. The van der Waals surface area contributed by atoms with E-state index in [0.717, 1.165) is 25.7 Å². The largest absolute Gasteiger partial charge is 0.370 e. The molecule has 150 valence electrons. The lowest BCUT2D eigenvalue weighted by Gasteiger charge is -2.34. The Morgan fingerprint density at radius 2 is 1.85 bits per heavy atom. The lowest BCUT2D eigenvalue weighted by molar-refractivity contribution is -0.152. The SMILES string of the molecule is CC1(C)O[C@H]2[C@H](/C=C/COCOCC[Si](C)(C)C)O[C@@H]([C@H]3CO3)C[C@H]2O1. The molecule has 26 heavy (non-hydrogen) atoms. The van der Waals surface area contributed by atoms with Gasteiger partial charge in [-0.1, -0.05) is 31.8 Å². The maximum Gasteiger partial charge on any atom is 0.163 e. The van der Waals surface area contributed by atoms with Crippen molar-refractivity contribution in [2.75, 3.05) is 26.6 Å². The maximum atomic E-state index is 6.20. The predicted molar refractivity (Wildman–Crippen MR) is 101 cm³/mol. The minimum absolute atomic E-state index is 0.0495. The summed E-state index contributed by atoms with van der Waals surface area (Å²) in [5.74, 6) is -0.565. The first-order chi connectivity index (χ1) is 12.2. The minimum Gasteiger partial charge on any atom is -0.370 e. The van der Waals surface area contributed by atoms with Crippen molar-refractivity contribution in [2.24, 2.45) is 0 Å². The molecule has 3 heterocycles. The number of hydrogen-bond donors (Lipinski definition) is 0. The first kappa shape index (κ1) is 20.5. The second-order valence-corrected chi connectivity index (χ2v) is 14.6. The molecule has 0 bridgehead atoms. The zero-order valence-corrected chi connectivity index (χ0v) is 17.7. The summed E-state index contributed by atoms with van der Waals surface area (Å²) < 4.78 is 34.8. The molecule has 3 rings (SSSR count). The van der Waals surface area contributed by atoms with E-state index in [1.54, 1.807) is 0 Å². The van der Waals surface area contributed by atoms with Gasteiger partial charge >= 0.3 is 0 Å². The fourth-order valence-corrected chi connectivity index (χ4v) is 4.11. The van der Waals surface area contributed by atoms with Crippen LogP contribution in [0.15, 0.2) is 12.2 Å². The van der Waals surface area contributed by atoms with Crippen molar-refractivity contribution in [3.63, 3.8) is 0 Å². The topological polar surface area (TPSA) is 58.7 Å². The summed E-state index contributed by atoms with van der Waals surface area (Å²) in [6.45, 7) is 13.3. The van der Waals surface area contributed by atoms with E-state index in [1.807, 2.05) is 26.0 Å². The normalized spacial score (nSPS) is 36.4. The molecule has 5 atom stereocenters. The molecule has 3 aliphatic heterocycles. The summed E-state index contributed by atoms with van der Waals surface area (Å²) in [5, 5.41) is 0. The molecule has 0 aromatic rings. The van der Waals surface area contributed by atoms with Gasteiger partial charge in [0.05, 0.1) is 25.4 Å². The molecule has 3 aliphatic rings. The van der Waals surface area contributed by atoms with Gasteiger partial charge in [-0.3, -0.25) is 0 Å². The first-order valence-corrected chi connectivity index (χ1v) is 13.4. The highest BCUT2D eigenvalue weighted by Gasteiger charge is 2.52. The molecule has 0 aliphatic carbocycles. The Labute approximate surface area is 158 Å². The highest BCUT2D eigenvalue weighted by Crippen LogP contribution is 2.40. The summed E-state index contributed by atoms with van der Waals surface area (Å²) in [4.78, 5) is 0. The number of fused-ring (bicyclic) bond motifs is 1. The van der Waals surface area contributed by atoms with Gasteiger partial charge < -0.3 is 28.4 Å². The summed E-state index contributed by atoms with van der Waals surface area (Å²) in [6, 6.07) is 1.16. The van der Waals surface area contributed by atoms with Crippen molar-refractivity contribution in [1.82, 2.24) is 0 Å². The smallest absolute Gasteiger partial charge is 0.163 e. The van der Waals surface area contributed by atoms with Crippen molar-refractivity contribution in [3.8, 4) is 0 Å². The van der Waals surface area contributed by atoms with Crippen LogP contribution in [-0.2, 0) is 28.4 Å². The average Bonchev–Trinajstić information content (AvgIpc) is 3.31. The van der Waals surface area contributed by atoms with Gasteiger partial charge in [0.15, 0.2) is 5.79 Å². The van der Waals surface area contributed by atoms with Crippen LogP contribution >= 0.6 is 0 Å². The fourth-order valence-electron chi connectivity index (χ4n) is 3.35. The van der Waals surface area contributed by atoms with Gasteiger partial charge in [-0.05, 0) is 19.9 Å². The summed E-state index contributed by atoms with van der Waals surface area (Å²) in [6.07, 6.45) is 4.95. The zero-order valence-electron chi connectivity index (χ0n) is 16.7. The molecule has 0 unspecified atom stereocenters. The molecule has 3 saturated heterocycles. The van der Waals surface area contributed by atoms with E-state index in [2.05, 4.69) is 19.6 Å². The molecule has 0 amide bonds. The van der Waals surface area contributed by atoms with Crippen LogP contribution < -0.4 is 0 Å². The van der Waals surface area contributed by atoms with Crippen LogP contribution in [0.25, 0.3) is 0 Å². The number of hydrogen-bond acceptors (Lipinski definition) is 6. The standard InChI is InChI=1S/C19H34O6Si/c1-19(2)24-16-11-15(17-12-22-17)23-14(18(16)25-19)7-6-8-20-13-21-9-10-26(3,4)5/h6-7,14-18H,8-13H2,1-5H3/b7-6+/t14-,15+,16+,17+,18-/m0/s1. The average molecular weight is 387 g/mol. The molecular formula is C19H34O6Si. The van der Waals surface area contributed by atoms with Crippen LogP contribution in [-0.4, -0.2) is 71.0 Å². The van der Waals surface area contributed by atoms with Crippen LogP contribution in [0.2, 0.25) is 25.7 Å².